The Labute approximate surface area is 118 Å². The van der Waals surface area contributed by atoms with Gasteiger partial charge in [0.15, 0.2) is 0 Å². The Balaban J connectivity index is 2.09. The minimum absolute atomic E-state index is 0.173. The number of halogens is 3. The van der Waals surface area contributed by atoms with E-state index in [1.807, 2.05) is 0 Å². The van der Waals surface area contributed by atoms with Crippen LogP contribution < -0.4 is 10.9 Å². The van der Waals surface area contributed by atoms with Crippen molar-refractivity contribution in [2.24, 2.45) is 0 Å². The fraction of sp³-hybridized carbons (Fsp3) is 0.286. The van der Waals surface area contributed by atoms with Crippen LogP contribution in [0, 0.1) is 0 Å². The summed E-state index contributed by atoms with van der Waals surface area (Å²) in [5.74, 6) is 0.173. The third-order valence-corrected chi connectivity index (χ3v) is 3.40. The molecule has 1 aromatic carbocycles. The molecule has 2 aromatic rings. The molecule has 0 saturated heterocycles. The Morgan fingerprint density at radius 2 is 2.05 bits per heavy atom. The highest BCUT2D eigenvalue weighted by Crippen LogP contribution is 2.31. The highest BCUT2D eigenvalue weighted by molar-refractivity contribution is 5.56. The van der Waals surface area contributed by atoms with Gasteiger partial charge in [-0.05, 0) is 12.1 Å². The van der Waals surface area contributed by atoms with Crippen LogP contribution in [0.3, 0.4) is 0 Å². The van der Waals surface area contributed by atoms with Crippen LogP contribution in [0.5, 0.6) is 0 Å². The molecular formula is C14H12F3N3O. The molecule has 0 aliphatic carbocycles. The average Bonchev–Trinajstić information content (AvgIpc) is 2.46. The summed E-state index contributed by atoms with van der Waals surface area (Å²) >= 11 is 0. The predicted octanol–water partition coefficient (Wildman–Crippen LogP) is 2.10. The van der Waals surface area contributed by atoms with E-state index in [2.05, 4.69) is 15.3 Å². The highest BCUT2D eigenvalue weighted by Gasteiger charge is 2.30. The van der Waals surface area contributed by atoms with Gasteiger partial charge in [0.25, 0.3) is 5.56 Å². The van der Waals surface area contributed by atoms with Crippen LogP contribution in [-0.4, -0.2) is 16.5 Å². The largest absolute Gasteiger partial charge is 0.416 e. The number of hydrogen-bond donors (Lipinski definition) is 2. The molecule has 4 nitrogen and oxygen atoms in total. The molecule has 1 aliphatic heterocycles. The molecule has 0 saturated carbocycles. The molecule has 1 aromatic heterocycles. The SMILES string of the molecule is O=c1[nH]c(-c2cccc(C(F)(F)F)c2)nc2c1CNCC2. The van der Waals surface area contributed by atoms with Gasteiger partial charge in [-0.15, -0.1) is 0 Å². The summed E-state index contributed by atoms with van der Waals surface area (Å²) in [5, 5.41) is 3.06. The standard InChI is InChI=1S/C14H12F3N3O/c15-14(16,17)9-3-1-2-8(6-9)12-19-11-4-5-18-7-10(11)13(21)20-12/h1-3,6,18H,4-5,7H2,(H,19,20,21). The van der Waals surface area contributed by atoms with Crippen LogP contribution in [0.4, 0.5) is 13.2 Å². The van der Waals surface area contributed by atoms with Crippen LogP contribution in [0.15, 0.2) is 29.1 Å². The Morgan fingerprint density at radius 1 is 1.24 bits per heavy atom. The second-order valence-electron chi connectivity index (χ2n) is 4.85. The summed E-state index contributed by atoms with van der Waals surface area (Å²) in [4.78, 5) is 18.8. The molecule has 7 heteroatoms. The van der Waals surface area contributed by atoms with E-state index in [-0.39, 0.29) is 16.9 Å². The normalized spacial score (nSPS) is 14.8. The van der Waals surface area contributed by atoms with Crippen molar-refractivity contribution in [1.29, 1.82) is 0 Å². The maximum atomic E-state index is 12.7. The molecule has 0 amide bonds. The van der Waals surface area contributed by atoms with E-state index >= 15 is 0 Å². The molecule has 0 unspecified atom stereocenters. The first-order chi connectivity index (χ1) is 9.95. The molecule has 0 bridgehead atoms. The van der Waals surface area contributed by atoms with Gasteiger partial charge >= 0.3 is 6.18 Å². The number of aromatic nitrogens is 2. The van der Waals surface area contributed by atoms with E-state index < -0.39 is 11.7 Å². The van der Waals surface area contributed by atoms with E-state index in [4.69, 9.17) is 0 Å². The highest BCUT2D eigenvalue weighted by atomic mass is 19.4. The van der Waals surface area contributed by atoms with Gasteiger partial charge in [0.1, 0.15) is 5.82 Å². The quantitative estimate of drug-likeness (QED) is 0.847. The van der Waals surface area contributed by atoms with Crippen molar-refractivity contribution in [2.45, 2.75) is 19.1 Å². The number of rotatable bonds is 1. The second kappa shape index (κ2) is 5.00. The van der Waals surface area contributed by atoms with E-state index in [0.717, 1.165) is 12.1 Å². The van der Waals surface area contributed by atoms with Crippen LogP contribution in [-0.2, 0) is 19.1 Å². The van der Waals surface area contributed by atoms with Gasteiger partial charge in [-0.3, -0.25) is 4.79 Å². The van der Waals surface area contributed by atoms with E-state index in [0.29, 0.717) is 30.8 Å². The van der Waals surface area contributed by atoms with Crippen molar-refractivity contribution in [1.82, 2.24) is 15.3 Å². The number of benzene rings is 1. The van der Waals surface area contributed by atoms with Gasteiger partial charge in [0.05, 0.1) is 16.8 Å². The van der Waals surface area contributed by atoms with Gasteiger partial charge in [-0.25, -0.2) is 4.98 Å². The molecule has 2 N–H and O–H groups in total. The van der Waals surface area contributed by atoms with E-state index in [1.165, 1.54) is 12.1 Å². The molecule has 21 heavy (non-hydrogen) atoms. The van der Waals surface area contributed by atoms with Gasteiger partial charge < -0.3 is 10.3 Å². The molecule has 1 aliphatic rings. The first kappa shape index (κ1) is 13.8. The van der Waals surface area contributed by atoms with E-state index in [9.17, 15) is 18.0 Å². The third kappa shape index (κ3) is 2.69. The summed E-state index contributed by atoms with van der Waals surface area (Å²) in [6.07, 6.45) is -3.83. The number of alkyl halides is 3. The molecular weight excluding hydrogens is 283 g/mol. The van der Waals surface area contributed by atoms with Gasteiger partial charge in [0, 0.05) is 25.1 Å². The summed E-state index contributed by atoms with van der Waals surface area (Å²) < 4.78 is 38.2. The van der Waals surface area contributed by atoms with Crippen LogP contribution >= 0.6 is 0 Å². The number of hydrogen-bond acceptors (Lipinski definition) is 3. The summed E-state index contributed by atoms with van der Waals surface area (Å²) in [6, 6.07) is 4.79. The molecule has 110 valence electrons. The molecule has 2 heterocycles. The number of nitrogens with zero attached hydrogens (tertiary/aromatic N) is 1. The molecule has 0 spiro atoms. The van der Waals surface area contributed by atoms with Crippen molar-refractivity contribution >= 4 is 0 Å². The minimum atomic E-state index is -4.42. The average molecular weight is 295 g/mol. The number of H-pyrrole nitrogens is 1. The molecule has 3 rings (SSSR count). The Bertz CT molecular complexity index is 737. The smallest absolute Gasteiger partial charge is 0.312 e. The number of nitrogens with one attached hydrogen (secondary N) is 2. The van der Waals surface area contributed by atoms with Crippen molar-refractivity contribution < 1.29 is 13.2 Å². The van der Waals surface area contributed by atoms with Crippen LogP contribution in [0.2, 0.25) is 0 Å². The first-order valence-electron chi connectivity index (χ1n) is 6.45. The fourth-order valence-electron chi connectivity index (χ4n) is 2.33. The number of fused-ring (bicyclic) bond motifs is 1. The predicted molar refractivity (Wildman–Crippen MR) is 70.7 cm³/mol. The molecule has 0 radical (unpaired) electrons. The molecule has 0 atom stereocenters. The van der Waals surface area contributed by atoms with Gasteiger partial charge in [-0.2, -0.15) is 13.2 Å². The zero-order valence-electron chi connectivity index (χ0n) is 10.9. The lowest BCUT2D eigenvalue weighted by Gasteiger charge is -2.16. The Hall–Kier alpha value is -2.15. The Morgan fingerprint density at radius 3 is 2.81 bits per heavy atom. The van der Waals surface area contributed by atoms with Gasteiger partial charge in [0.2, 0.25) is 0 Å². The van der Waals surface area contributed by atoms with E-state index in [1.54, 1.807) is 0 Å². The zero-order valence-corrected chi connectivity index (χ0v) is 10.9. The van der Waals surface area contributed by atoms with Crippen molar-refractivity contribution in [3.05, 3.63) is 51.4 Å². The van der Waals surface area contributed by atoms with Crippen LogP contribution in [0.1, 0.15) is 16.8 Å². The second-order valence-corrected chi connectivity index (χ2v) is 4.85. The Kier molecular flexibility index (Phi) is 3.29. The number of aromatic amines is 1. The summed E-state index contributed by atoms with van der Waals surface area (Å²) in [6.45, 7) is 1.13. The lowest BCUT2D eigenvalue weighted by Crippen LogP contribution is -2.31. The third-order valence-electron chi connectivity index (χ3n) is 3.40. The maximum Gasteiger partial charge on any atom is 0.416 e. The lowest BCUT2D eigenvalue weighted by atomic mass is 10.1. The first-order valence-corrected chi connectivity index (χ1v) is 6.45. The topological polar surface area (TPSA) is 57.8 Å². The zero-order chi connectivity index (χ0) is 15.0. The van der Waals surface area contributed by atoms with Crippen molar-refractivity contribution in [3.8, 4) is 11.4 Å². The van der Waals surface area contributed by atoms with Crippen LogP contribution in [0.25, 0.3) is 11.4 Å². The van der Waals surface area contributed by atoms with Crippen molar-refractivity contribution in [3.63, 3.8) is 0 Å². The lowest BCUT2D eigenvalue weighted by molar-refractivity contribution is -0.137. The minimum Gasteiger partial charge on any atom is -0.312 e. The fourth-order valence-corrected chi connectivity index (χ4v) is 2.33. The van der Waals surface area contributed by atoms with Gasteiger partial charge in [-0.1, -0.05) is 12.1 Å². The summed E-state index contributed by atoms with van der Waals surface area (Å²) in [7, 11) is 0. The maximum absolute atomic E-state index is 12.7. The monoisotopic (exact) mass is 295 g/mol. The summed E-state index contributed by atoms with van der Waals surface area (Å²) in [5.41, 5.74) is 0.381. The molecule has 0 fully saturated rings. The van der Waals surface area contributed by atoms with Crippen molar-refractivity contribution in [2.75, 3.05) is 6.54 Å².